The zero-order valence-corrected chi connectivity index (χ0v) is 15.7. The van der Waals surface area contributed by atoms with Gasteiger partial charge in [-0.05, 0) is 26.2 Å². The molecule has 0 aliphatic heterocycles. The summed E-state index contributed by atoms with van der Waals surface area (Å²) in [5.74, 6) is -1.22. The van der Waals surface area contributed by atoms with Gasteiger partial charge in [-0.1, -0.05) is 23.4 Å². The fraction of sp³-hybridized carbons (Fsp3) is 0.467. The number of carboxylic acid groups (broad SMARTS) is 1. The van der Waals surface area contributed by atoms with Gasteiger partial charge in [0.25, 0.3) is 5.56 Å². The van der Waals surface area contributed by atoms with Gasteiger partial charge in [0.15, 0.2) is 5.16 Å². The van der Waals surface area contributed by atoms with Crippen molar-refractivity contribution in [1.29, 1.82) is 0 Å². The predicted octanol–water partition coefficient (Wildman–Crippen LogP) is 3.05. The molecule has 0 unspecified atom stereocenters. The van der Waals surface area contributed by atoms with E-state index in [0.717, 1.165) is 42.9 Å². The fourth-order valence-corrected chi connectivity index (χ4v) is 3.48. The molecule has 12 heteroatoms. The lowest BCUT2D eigenvalue weighted by Crippen LogP contribution is -2.21. The summed E-state index contributed by atoms with van der Waals surface area (Å²) in [4.78, 5) is 32.5. The first-order valence-electron chi connectivity index (χ1n) is 7.88. The third kappa shape index (κ3) is 5.73. The van der Waals surface area contributed by atoms with Crippen molar-refractivity contribution in [2.75, 3.05) is 0 Å². The van der Waals surface area contributed by atoms with E-state index in [1.165, 1.54) is 11.8 Å². The van der Waals surface area contributed by atoms with Crippen molar-refractivity contribution in [3.8, 4) is 0 Å². The number of aromatic nitrogens is 4. The molecule has 0 spiro atoms. The number of H-pyrrole nitrogens is 1. The molecule has 3 rings (SSSR count). The van der Waals surface area contributed by atoms with Crippen LogP contribution in [0.3, 0.4) is 0 Å². The van der Waals surface area contributed by atoms with Crippen LogP contribution in [0.15, 0.2) is 16.1 Å². The van der Waals surface area contributed by atoms with Gasteiger partial charge in [0.1, 0.15) is 11.0 Å². The van der Waals surface area contributed by atoms with Gasteiger partial charge in [-0.15, -0.1) is 0 Å². The minimum Gasteiger partial charge on any atom is -0.475 e. The molecule has 7 nitrogen and oxygen atoms in total. The third-order valence-electron chi connectivity index (χ3n) is 3.67. The largest absolute Gasteiger partial charge is 0.490 e. The van der Waals surface area contributed by atoms with E-state index in [1.54, 1.807) is 0 Å². The number of thioether (sulfide) groups is 1. The molecular weight excluding hydrogens is 409 g/mol. The zero-order chi connectivity index (χ0) is 20.2. The van der Waals surface area contributed by atoms with Crippen molar-refractivity contribution in [3.63, 3.8) is 0 Å². The Bertz CT molecular complexity index is 882. The molecule has 0 bridgehead atoms. The summed E-state index contributed by atoms with van der Waals surface area (Å²) in [7, 11) is 0. The van der Waals surface area contributed by atoms with Crippen LogP contribution < -0.4 is 5.56 Å². The van der Waals surface area contributed by atoms with Crippen molar-refractivity contribution in [3.05, 3.63) is 38.8 Å². The lowest BCUT2D eigenvalue weighted by molar-refractivity contribution is -0.192. The van der Waals surface area contributed by atoms with E-state index in [-0.39, 0.29) is 5.56 Å². The monoisotopic (exact) mass is 424 g/mol. The molecule has 0 fully saturated rings. The SMILES string of the molecule is CCn1cc(Cl)nc1CSc1nc2c(c(=O)[nH]1)CCC2.O=C(O)C(F)(F)F. The molecule has 148 valence electrons. The summed E-state index contributed by atoms with van der Waals surface area (Å²) in [6, 6.07) is 0. The number of carbonyl (C=O) groups is 1. The second-order valence-corrected chi connectivity index (χ2v) is 6.86. The van der Waals surface area contributed by atoms with Gasteiger partial charge in [0.2, 0.25) is 0 Å². The number of rotatable bonds is 4. The van der Waals surface area contributed by atoms with Crippen molar-refractivity contribution in [2.24, 2.45) is 0 Å². The first-order chi connectivity index (χ1) is 12.6. The van der Waals surface area contributed by atoms with Gasteiger partial charge >= 0.3 is 12.1 Å². The standard InChI is InChI=1S/C13H15ClN4OS.C2HF3O2/c1-2-18-6-10(14)16-11(18)7-20-13-15-9-5-3-4-8(9)12(19)17-13;3-2(4,5)1(6)7/h6H,2-5,7H2,1H3,(H,15,17,19);(H,6,7). The Hall–Kier alpha value is -2.01. The Kier molecular flexibility index (Phi) is 6.93. The van der Waals surface area contributed by atoms with Gasteiger partial charge in [-0.3, -0.25) is 4.79 Å². The number of aromatic amines is 1. The smallest absolute Gasteiger partial charge is 0.475 e. The van der Waals surface area contributed by atoms with Gasteiger partial charge in [0.05, 0.1) is 11.4 Å². The Morgan fingerprint density at radius 2 is 2.07 bits per heavy atom. The van der Waals surface area contributed by atoms with E-state index in [2.05, 4.69) is 15.0 Å². The molecule has 27 heavy (non-hydrogen) atoms. The third-order valence-corrected chi connectivity index (χ3v) is 4.72. The van der Waals surface area contributed by atoms with Crippen LogP contribution in [0.5, 0.6) is 0 Å². The van der Waals surface area contributed by atoms with Crippen LogP contribution in [0.4, 0.5) is 13.2 Å². The van der Waals surface area contributed by atoms with Crippen molar-refractivity contribution >= 4 is 29.3 Å². The lowest BCUT2D eigenvalue weighted by atomic mass is 10.3. The van der Waals surface area contributed by atoms with E-state index in [9.17, 15) is 18.0 Å². The molecule has 2 aromatic rings. The van der Waals surface area contributed by atoms with Crippen molar-refractivity contribution in [2.45, 2.75) is 49.8 Å². The minimum atomic E-state index is -5.08. The van der Waals surface area contributed by atoms with Crippen LogP contribution in [0.2, 0.25) is 5.15 Å². The maximum absolute atomic E-state index is 11.9. The number of alkyl halides is 3. The van der Waals surface area contributed by atoms with Crippen LogP contribution in [0.25, 0.3) is 0 Å². The van der Waals surface area contributed by atoms with Crippen LogP contribution in [-0.4, -0.2) is 36.8 Å². The molecule has 0 aromatic carbocycles. The highest BCUT2D eigenvalue weighted by molar-refractivity contribution is 7.98. The van der Waals surface area contributed by atoms with E-state index >= 15 is 0 Å². The zero-order valence-electron chi connectivity index (χ0n) is 14.1. The van der Waals surface area contributed by atoms with E-state index < -0.39 is 12.1 Å². The Balaban J connectivity index is 0.000000321. The number of nitrogens with zero attached hydrogens (tertiary/aromatic N) is 3. The molecule has 0 saturated heterocycles. The maximum Gasteiger partial charge on any atom is 0.490 e. The number of aliphatic carboxylic acids is 1. The first-order valence-corrected chi connectivity index (χ1v) is 9.24. The van der Waals surface area contributed by atoms with E-state index in [1.807, 2.05) is 17.7 Å². The van der Waals surface area contributed by atoms with Gasteiger partial charge in [0, 0.05) is 18.3 Å². The van der Waals surface area contributed by atoms with Gasteiger partial charge in [-0.2, -0.15) is 13.2 Å². The second-order valence-electron chi connectivity index (χ2n) is 5.51. The van der Waals surface area contributed by atoms with Crippen LogP contribution >= 0.6 is 23.4 Å². The quantitative estimate of drug-likeness (QED) is 0.578. The summed E-state index contributed by atoms with van der Waals surface area (Å²) < 4.78 is 33.7. The summed E-state index contributed by atoms with van der Waals surface area (Å²) >= 11 is 7.40. The van der Waals surface area contributed by atoms with Crippen molar-refractivity contribution < 1.29 is 23.1 Å². The average Bonchev–Trinajstić information content (AvgIpc) is 3.18. The first kappa shape index (κ1) is 21.3. The number of hydrogen-bond acceptors (Lipinski definition) is 5. The highest BCUT2D eigenvalue weighted by atomic mass is 35.5. The minimum absolute atomic E-state index is 0.00636. The number of carboxylic acids is 1. The van der Waals surface area contributed by atoms with Crippen molar-refractivity contribution in [1.82, 2.24) is 19.5 Å². The van der Waals surface area contributed by atoms with E-state index in [0.29, 0.717) is 16.1 Å². The molecule has 1 aliphatic rings. The fourth-order valence-electron chi connectivity index (χ4n) is 2.43. The van der Waals surface area contributed by atoms with Crippen LogP contribution in [0.1, 0.15) is 30.4 Å². The molecule has 2 N–H and O–H groups in total. The highest BCUT2D eigenvalue weighted by Gasteiger charge is 2.38. The molecule has 0 atom stereocenters. The number of aryl methyl sites for hydroxylation is 2. The number of fused-ring (bicyclic) bond motifs is 1. The number of halogens is 4. The number of hydrogen-bond donors (Lipinski definition) is 2. The summed E-state index contributed by atoms with van der Waals surface area (Å²) in [6.07, 6.45) is -0.494. The van der Waals surface area contributed by atoms with Crippen LogP contribution in [0, 0.1) is 0 Å². The maximum atomic E-state index is 11.9. The highest BCUT2D eigenvalue weighted by Crippen LogP contribution is 2.23. The number of nitrogens with one attached hydrogen (secondary N) is 1. The van der Waals surface area contributed by atoms with Gasteiger partial charge < -0.3 is 14.7 Å². The average molecular weight is 425 g/mol. The lowest BCUT2D eigenvalue weighted by Gasteiger charge is -2.05. The molecule has 2 heterocycles. The summed E-state index contributed by atoms with van der Waals surface area (Å²) in [5.41, 5.74) is 1.81. The predicted molar refractivity (Wildman–Crippen MR) is 93.0 cm³/mol. The molecule has 0 radical (unpaired) electrons. The Labute approximate surface area is 161 Å². The van der Waals surface area contributed by atoms with Gasteiger partial charge in [-0.25, -0.2) is 14.8 Å². The molecule has 2 aromatic heterocycles. The molecule has 1 aliphatic carbocycles. The molecular formula is C15H16ClF3N4O3S. The Morgan fingerprint density at radius 3 is 2.67 bits per heavy atom. The van der Waals surface area contributed by atoms with Crippen LogP contribution in [-0.2, 0) is 29.9 Å². The number of imidazole rings is 1. The topological polar surface area (TPSA) is 101 Å². The normalized spacial score (nSPS) is 13.1. The molecule has 0 amide bonds. The summed E-state index contributed by atoms with van der Waals surface area (Å²) in [6.45, 7) is 2.87. The molecule has 0 saturated carbocycles. The second kappa shape index (κ2) is 8.79. The van der Waals surface area contributed by atoms with E-state index in [4.69, 9.17) is 21.5 Å². The Morgan fingerprint density at radius 1 is 1.41 bits per heavy atom. The summed E-state index contributed by atoms with van der Waals surface area (Å²) in [5, 5.41) is 8.29.